The van der Waals surface area contributed by atoms with Crippen LogP contribution in [0, 0.1) is 5.92 Å². The zero-order valence-electron chi connectivity index (χ0n) is 10.7. The van der Waals surface area contributed by atoms with E-state index in [9.17, 15) is 0 Å². The van der Waals surface area contributed by atoms with Crippen LogP contribution in [0.2, 0.25) is 5.02 Å². The largest absolute Gasteiger partial charge is 0.493 e. The van der Waals surface area contributed by atoms with E-state index in [0.29, 0.717) is 5.92 Å². The molecule has 1 heterocycles. The van der Waals surface area contributed by atoms with Gasteiger partial charge in [0.05, 0.1) is 6.61 Å². The molecule has 102 valence electrons. The van der Waals surface area contributed by atoms with Crippen molar-refractivity contribution in [2.45, 2.75) is 26.2 Å². The Morgan fingerprint density at radius 2 is 2.06 bits per heavy atom. The fourth-order valence-corrected chi connectivity index (χ4v) is 2.42. The van der Waals surface area contributed by atoms with Gasteiger partial charge < -0.3 is 10.1 Å². The number of hydrogen-bond donors (Lipinski definition) is 1. The van der Waals surface area contributed by atoms with Crippen LogP contribution in [0.1, 0.15) is 25.3 Å². The lowest BCUT2D eigenvalue weighted by atomic mass is 9.99. The van der Waals surface area contributed by atoms with Crippen LogP contribution in [0.25, 0.3) is 0 Å². The number of piperidine rings is 1. The summed E-state index contributed by atoms with van der Waals surface area (Å²) in [4.78, 5) is 0. The predicted octanol–water partition coefficient (Wildman–Crippen LogP) is 3.70. The molecule has 0 bridgehead atoms. The van der Waals surface area contributed by atoms with Gasteiger partial charge in [-0.05, 0) is 62.0 Å². The molecule has 0 atom stereocenters. The van der Waals surface area contributed by atoms with Gasteiger partial charge in [0, 0.05) is 5.02 Å². The third-order valence-electron chi connectivity index (χ3n) is 3.34. The Morgan fingerprint density at radius 1 is 1.33 bits per heavy atom. The first-order valence-electron chi connectivity index (χ1n) is 6.41. The van der Waals surface area contributed by atoms with Gasteiger partial charge in [0.15, 0.2) is 0 Å². The standard InChI is InChI=1S/C14H20ClNO.ClH/c1-2-12-9-13(15)3-4-14(12)17-10-11-5-7-16-8-6-11;/h3-4,9,11,16H,2,5-8,10H2,1H3;1H. The number of hydrogen-bond acceptors (Lipinski definition) is 2. The van der Waals surface area contributed by atoms with Gasteiger partial charge in [0.2, 0.25) is 0 Å². The predicted molar refractivity (Wildman–Crippen MR) is 79.2 cm³/mol. The van der Waals surface area contributed by atoms with Gasteiger partial charge in [0.25, 0.3) is 0 Å². The smallest absolute Gasteiger partial charge is 0.122 e. The molecule has 0 saturated carbocycles. The summed E-state index contributed by atoms with van der Waals surface area (Å²) in [5.41, 5.74) is 1.20. The topological polar surface area (TPSA) is 21.3 Å². The van der Waals surface area contributed by atoms with Crippen LogP contribution in [-0.2, 0) is 6.42 Å². The van der Waals surface area contributed by atoms with Crippen molar-refractivity contribution in [1.29, 1.82) is 0 Å². The van der Waals surface area contributed by atoms with E-state index in [1.165, 1.54) is 18.4 Å². The Labute approximate surface area is 120 Å². The minimum atomic E-state index is 0. The lowest BCUT2D eigenvalue weighted by molar-refractivity contribution is 0.214. The van der Waals surface area contributed by atoms with E-state index in [4.69, 9.17) is 16.3 Å². The zero-order chi connectivity index (χ0) is 12.1. The Morgan fingerprint density at radius 3 is 2.72 bits per heavy atom. The summed E-state index contributed by atoms with van der Waals surface area (Å²) >= 11 is 5.98. The summed E-state index contributed by atoms with van der Waals surface area (Å²) in [6.07, 6.45) is 3.40. The zero-order valence-corrected chi connectivity index (χ0v) is 12.3. The molecule has 2 rings (SSSR count). The fraction of sp³-hybridized carbons (Fsp3) is 0.571. The van der Waals surface area contributed by atoms with Crippen LogP contribution in [0.3, 0.4) is 0 Å². The average Bonchev–Trinajstić information content (AvgIpc) is 2.38. The van der Waals surface area contributed by atoms with Crippen LogP contribution in [0.4, 0.5) is 0 Å². The average molecular weight is 290 g/mol. The molecule has 0 unspecified atom stereocenters. The minimum absolute atomic E-state index is 0. The van der Waals surface area contributed by atoms with Gasteiger partial charge in [-0.1, -0.05) is 18.5 Å². The van der Waals surface area contributed by atoms with Crippen LogP contribution in [0.5, 0.6) is 5.75 Å². The molecule has 1 N–H and O–H groups in total. The third-order valence-corrected chi connectivity index (χ3v) is 3.57. The second-order valence-electron chi connectivity index (χ2n) is 4.61. The van der Waals surface area contributed by atoms with E-state index in [1.54, 1.807) is 0 Å². The molecule has 1 saturated heterocycles. The quantitative estimate of drug-likeness (QED) is 0.913. The molecule has 0 radical (unpaired) electrons. The van der Waals surface area contributed by atoms with Crippen molar-refractivity contribution < 1.29 is 4.74 Å². The van der Waals surface area contributed by atoms with E-state index < -0.39 is 0 Å². The number of nitrogens with one attached hydrogen (secondary N) is 1. The number of ether oxygens (including phenoxy) is 1. The number of halogens is 2. The van der Waals surface area contributed by atoms with Gasteiger partial charge in [-0.3, -0.25) is 0 Å². The lowest BCUT2D eigenvalue weighted by Crippen LogP contribution is -2.30. The summed E-state index contributed by atoms with van der Waals surface area (Å²) in [5, 5.41) is 4.16. The Bertz CT molecular complexity index is 365. The molecule has 4 heteroatoms. The highest BCUT2D eigenvalue weighted by Gasteiger charge is 2.14. The molecule has 1 aliphatic rings. The van der Waals surface area contributed by atoms with E-state index in [-0.39, 0.29) is 12.4 Å². The lowest BCUT2D eigenvalue weighted by Gasteiger charge is -2.23. The molecule has 0 amide bonds. The molecule has 0 aliphatic carbocycles. The van der Waals surface area contributed by atoms with Crippen molar-refractivity contribution in [2.24, 2.45) is 5.92 Å². The molecule has 0 aromatic heterocycles. The molecule has 0 spiro atoms. The highest BCUT2D eigenvalue weighted by Crippen LogP contribution is 2.24. The maximum Gasteiger partial charge on any atom is 0.122 e. The van der Waals surface area contributed by atoms with E-state index in [0.717, 1.165) is 36.9 Å². The van der Waals surface area contributed by atoms with Gasteiger partial charge in [-0.15, -0.1) is 12.4 Å². The summed E-state index contributed by atoms with van der Waals surface area (Å²) in [7, 11) is 0. The second kappa shape index (κ2) is 7.88. The van der Waals surface area contributed by atoms with Crippen molar-refractivity contribution in [3.63, 3.8) is 0 Å². The monoisotopic (exact) mass is 289 g/mol. The van der Waals surface area contributed by atoms with Gasteiger partial charge in [-0.25, -0.2) is 0 Å². The summed E-state index contributed by atoms with van der Waals surface area (Å²) in [5.74, 6) is 1.69. The van der Waals surface area contributed by atoms with Crippen LogP contribution in [-0.4, -0.2) is 19.7 Å². The molecular formula is C14H21Cl2NO. The summed E-state index contributed by atoms with van der Waals surface area (Å²) < 4.78 is 5.94. The van der Waals surface area contributed by atoms with Crippen LogP contribution >= 0.6 is 24.0 Å². The van der Waals surface area contributed by atoms with E-state index in [2.05, 4.69) is 12.2 Å². The van der Waals surface area contributed by atoms with Crippen molar-refractivity contribution in [3.8, 4) is 5.75 Å². The van der Waals surface area contributed by atoms with Crippen molar-refractivity contribution >= 4 is 24.0 Å². The normalized spacial score (nSPS) is 16.1. The Kier molecular flexibility index (Phi) is 6.83. The number of benzene rings is 1. The Balaban J connectivity index is 0.00000162. The third kappa shape index (κ3) is 4.34. The van der Waals surface area contributed by atoms with E-state index >= 15 is 0 Å². The van der Waals surface area contributed by atoms with Crippen molar-refractivity contribution in [2.75, 3.05) is 19.7 Å². The highest BCUT2D eigenvalue weighted by atomic mass is 35.5. The maximum absolute atomic E-state index is 5.98. The van der Waals surface area contributed by atoms with Crippen LogP contribution in [0.15, 0.2) is 18.2 Å². The molecule has 1 aromatic rings. The Hall–Kier alpha value is -0.440. The number of rotatable bonds is 4. The summed E-state index contributed by atoms with van der Waals surface area (Å²) in [6, 6.07) is 5.89. The first-order chi connectivity index (χ1) is 8.29. The second-order valence-corrected chi connectivity index (χ2v) is 5.05. The first kappa shape index (κ1) is 15.6. The van der Waals surface area contributed by atoms with Gasteiger partial charge >= 0.3 is 0 Å². The molecule has 18 heavy (non-hydrogen) atoms. The minimum Gasteiger partial charge on any atom is -0.493 e. The molecule has 2 nitrogen and oxygen atoms in total. The molecular weight excluding hydrogens is 269 g/mol. The van der Waals surface area contributed by atoms with Crippen molar-refractivity contribution in [3.05, 3.63) is 28.8 Å². The first-order valence-corrected chi connectivity index (χ1v) is 6.79. The maximum atomic E-state index is 5.98. The van der Waals surface area contributed by atoms with Gasteiger partial charge in [-0.2, -0.15) is 0 Å². The molecule has 1 fully saturated rings. The summed E-state index contributed by atoms with van der Waals surface area (Å²) in [6.45, 7) is 5.20. The van der Waals surface area contributed by atoms with Crippen LogP contribution < -0.4 is 10.1 Å². The SMILES string of the molecule is CCc1cc(Cl)ccc1OCC1CCNCC1.Cl. The number of aryl methyl sites for hydroxylation is 1. The molecule has 1 aromatic carbocycles. The fourth-order valence-electron chi connectivity index (χ4n) is 2.22. The van der Waals surface area contributed by atoms with E-state index in [1.807, 2.05) is 18.2 Å². The van der Waals surface area contributed by atoms with Crippen molar-refractivity contribution in [1.82, 2.24) is 5.32 Å². The van der Waals surface area contributed by atoms with Gasteiger partial charge in [0.1, 0.15) is 5.75 Å². The molecule has 1 aliphatic heterocycles. The highest BCUT2D eigenvalue weighted by molar-refractivity contribution is 6.30.